The van der Waals surface area contributed by atoms with Gasteiger partial charge in [-0.2, -0.15) is 4.98 Å². The van der Waals surface area contributed by atoms with Crippen molar-refractivity contribution in [1.29, 1.82) is 0 Å². The van der Waals surface area contributed by atoms with Gasteiger partial charge in [-0.3, -0.25) is 0 Å². The van der Waals surface area contributed by atoms with E-state index >= 15 is 0 Å². The van der Waals surface area contributed by atoms with Crippen molar-refractivity contribution in [2.75, 3.05) is 7.05 Å². The molecule has 6 nitrogen and oxygen atoms in total. The van der Waals surface area contributed by atoms with Crippen LogP contribution < -0.4 is 5.73 Å². The summed E-state index contributed by atoms with van der Waals surface area (Å²) in [6, 6.07) is 7.37. The smallest absolute Gasteiger partial charge is 0.314 e. The van der Waals surface area contributed by atoms with Crippen LogP contribution in [0.1, 0.15) is 22.5 Å². The fourth-order valence-corrected chi connectivity index (χ4v) is 3.37. The Kier molecular flexibility index (Phi) is 4.26. The second-order valence-electron chi connectivity index (χ2n) is 5.15. The van der Waals surface area contributed by atoms with E-state index in [4.69, 9.17) is 21.9 Å². The molecule has 1 aliphatic heterocycles. The van der Waals surface area contributed by atoms with Crippen molar-refractivity contribution in [3.8, 4) is 0 Å². The van der Waals surface area contributed by atoms with Crippen LogP contribution in [0.5, 0.6) is 0 Å². The van der Waals surface area contributed by atoms with Gasteiger partial charge in [-0.15, -0.1) is 11.8 Å². The van der Waals surface area contributed by atoms with Crippen LogP contribution in [0.4, 0.5) is 4.79 Å². The number of thioether (sulfide) groups is 1. The van der Waals surface area contributed by atoms with Crippen molar-refractivity contribution in [2.45, 2.75) is 23.5 Å². The predicted octanol–water partition coefficient (Wildman–Crippen LogP) is 2.63. The molecule has 2 amide bonds. The number of carbonyl (C=O) groups excluding carboxylic acids is 1. The average molecular weight is 339 g/mol. The first-order valence-corrected chi connectivity index (χ1v) is 8.08. The summed E-state index contributed by atoms with van der Waals surface area (Å²) in [5.74, 6) is 1.05. The van der Waals surface area contributed by atoms with Gasteiger partial charge in [0.05, 0.1) is 0 Å². The van der Waals surface area contributed by atoms with Gasteiger partial charge in [0.25, 0.3) is 0 Å². The standard InChI is InChI=1S/C14H15ClN4O2S/c1-19(14(16)20)7-12-17-11(18-21-12)6-10-13(22-10)8-2-4-9(15)5-3-8/h2-5,10,13H,6-7H2,1H3,(H2,16,20). The van der Waals surface area contributed by atoms with Crippen molar-refractivity contribution in [3.05, 3.63) is 46.6 Å². The molecule has 0 aliphatic carbocycles. The van der Waals surface area contributed by atoms with E-state index in [0.29, 0.717) is 22.2 Å². The Hall–Kier alpha value is -1.73. The number of nitrogens with zero attached hydrogens (tertiary/aromatic N) is 3. The van der Waals surface area contributed by atoms with Gasteiger partial charge < -0.3 is 15.2 Å². The zero-order valence-corrected chi connectivity index (χ0v) is 13.5. The van der Waals surface area contributed by atoms with E-state index in [2.05, 4.69) is 10.1 Å². The predicted molar refractivity (Wildman–Crippen MR) is 84.6 cm³/mol. The lowest BCUT2D eigenvalue weighted by Crippen LogP contribution is -2.31. The van der Waals surface area contributed by atoms with Gasteiger partial charge >= 0.3 is 6.03 Å². The first-order valence-electron chi connectivity index (χ1n) is 6.76. The number of urea groups is 1. The van der Waals surface area contributed by atoms with E-state index in [-0.39, 0.29) is 6.54 Å². The lowest BCUT2D eigenvalue weighted by Gasteiger charge is -2.09. The molecule has 2 heterocycles. The number of aromatic nitrogens is 2. The lowest BCUT2D eigenvalue weighted by atomic mass is 10.1. The van der Waals surface area contributed by atoms with E-state index in [1.807, 2.05) is 36.0 Å². The molecule has 2 aromatic rings. The number of amides is 2. The minimum absolute atomic E-state index is 0.223. The molecule has 2 N–H and O–H groups in total. The SMILES string of the molecule is CN(Cc1nc(CC2SC2c2ccc(Cl)cc2)no1)C(N)=O. The summed E-state index contributed by atoms with van der Waals surface area (Å²) in [6.07, 6.45) is 0.738. The molecular formula is C14H15ClN4O2S. The molecule has 1 saturated heterocycles. The van der Waals surface area contributed by atoms with E-state index in [0.717, 1.165) is 11.4 Å². The fourth-order valence-electron chi connectivity index (χ4n) is 2.14. The number of hydrogen-bond donors (Lipinski definition) is 1. The number of benzene rings is 1. The Morgan fingerprint density at radius 1 is 1.45 bits per heavy atom. The first kappa shape index (κ1) is 15.2. The molecule has 8 heteroatoms. The molecule has 1 fully saturated rings. The van der Waals surface area contributed by atoms with Crippen molar-refractivity contribution in [1.82, 2.24) is 15.0 Å². The third-order valence-electron chi connectivity index (χ3n) is 3.42. The normalized spacial score (nSPS) is 19.9. The van der Waals surface area contributed by atoms with Crippen LogP contribution in [-0.4, -0.2) is 33.4 Å². The summed E-state index contributed by atoms with van der Waals surface area (Å²) < 4.78 is 5.13. The summed E-state index contributed by atoms with van der Waals surface area (Å²) in [6.45, 7) is 0.223. The highest BCUT2D eigenvalue weighted by molar-refractivity contribution is 8.07. The molecule has 0 bridgehead atoms. The van der Waals surface area contributed by atoms with Crippen LogP contribution in [0.2, 0.25) is 5.02 Å². The van der Waals surface area contributed by atoms with Crippen molar-refractivity contribution in [2.24, 2.45) is 5.73 Å². The van der Waals surface area contributed by atoms with E-state index in [9.17, 15) is 4.79 Å². The van der Waals surface area contributed by atoms with Crippen LogP contribution in [0.3, 0.4) is 0 Å². The molecule has 116 valence electrons. The maximum Gasteiger partial charge on any atom is 0.314 e. The van der Waals surface area contributed by atoms with Gasteiger partial charge in [0.2, 0.25) is 5.89 Å². The van der Waals surface area contributed by atoms with Crippen LogP contribution in [0.15, 0.2) is 28.8 Å². The molecule has 0 radical (unpaired) electrons. The zero-order valence-electron chi connectivity index (χ0n) is 11.9. The molecule has 22 heavy (non-hydrogen) atoms. The Labute approximate surface area is 137 Å². The summed E-state index contributed by atoms with van der Waals surface area (Å²) in [5.41, 5.74) is 6.42. The molecule has 2 unspecified atom stereocenters. The van der Waals surface area contributed by atoms with Crippen molar-refractivity contribution >= 4 is 29.4 Å². The van der Waals surface area contributed by atoms with Crippen molar-refractivity contribution in [3.63, 3.8) is 0 Å². The Morgan fingerprint density at radius 3 is 2.86 bits per heavy atom. The van der Waals surface area contributed by atoms with Gasteiger partial charge in [0.1, 0.15) is 6.54 Å². The van der Waals surface area contributed by atoms with Crippen LogP contribution in [0.25, 0.3) is 0 Å². The highest BCUT2D eigenvalue weighted by Gasteiger charge is 2.40. The largest absolute Gasteiger partial charge is 0.351 e. The van der Waals surface area contributed by atoms with E-state index < -0.39 is 6.03 Å². The fraction of sp³-hybridized carbons (Fsp3) is 0.357. The summed E-state index contributed by atoms with van der Waals surface area (Å²) in [4.78, 5) is 16.6. The Morgan fingerprint density at radius 2 is 2.18 bits per heavy atom. The van der Waals surface area contributed by atoms with E-state index in [1.165, 1.54) is 10.5 Å². The zero-order chi connectivity index (χ0) is 15.7. The summed E-state index contributed by atoms with van der Waals surface area (Å²) >= 11 is 7.76. The second-order valence-corrected chi connectivity index (χ2v) is 6.97. The highest BCUT2D eigenvalue weighted by atomic mass is 35.5. The van der Waals surface area contributed by atoms with Crippen LogP contribution >= 0.6 is 23.4 Å². The third-order valence-corrected chi connectivity index (χ3v) is 5.04. The number of carbonyl (C=O) groups is 1. The Balaban J connectivity index is 1.56. The maximum atomic E-state index is 11.0. The topological polar surface area (TPSA) is 85.2 Å². The van der Waals surface area contributed by atoms with Gasteiger partial charge in [-0.1, -0.05) is 28.9 Å². The minimum Gasteiger partial charge on any atom is -0.351 e. The maximum absolute atomic E-state index is 11.0. The number of halogens is 1. The molecule has 2 atom stereocenters. The Bertz CT molecular complexity index is 676. The number of hydrogen-bond acceptors (Lipinski definition) is 5. The third kappa shape index (κ3) is 3.53. The molecule has 1 aliphatic rings. The number of primary amides is 1. The summed E-state index contributed by atoms with van der Waals surface area (Å²) in [5, 5.41) is 5.59. The number of nitrogens with two attached hydrogens (primary N) is 1. The van der Waals surface area contributed by atoms with Gasteiger partial charge in [-0.05, 0) is 17.7 Å². The quantitative estimate of drug-likeness (QED) is 0.847. The highest BCUT2D eigenvalue weighted by Crippen LogP contribution is 2.56. The first-order chi connectivity index (χ1) is 10.5. The molecule has 0 spiro atoms. The molecular weight excluding hydrogens is 324 g/mol. The molecule has 1 aromatic heterocycles. The molecule has 1 aromatic carbocycles. The van der Waals surface area contributed by atoms with Gasteiger partial charge in [0, 0.05) is 29.0 Å². The van der Waals surface area contributed by atoms with E-state index in [1.54, 1.807) is 7.05 Å². The van der Waals surface area contributed by atoms with Crippen LogP contribution in [-0.2, 0) is 13.0 Å². The second kappa shape index (κ2) is 6.18. The average Bonchev–Trinajstić information content (AvgIpc) is 3.10. The molecule has 3 rings (SSSR count). The monoisotopic (exact) mass is 338 g/mol. The van der Waals surface area contributed by atoms with Gasteiger partial charge in [0.15, 0.2) is 5.82 Å². The van der Waals surface area contributed by atoms with Gasteiger partial charge in [-0.25, -0.2) is 4.79 Å². The summed E-state index contributed by atoms with van der Waals surface area (Å²) in [7, 11) is 1.58. The minimum atomic E-state index is -0.527. The van der Waals surface area contributed by atoms with Crippen molar-refractivity contribution < 1.29 is 9.32 Å². The molecule has 0 saturated carbocycles. The number of rotatable bonds is 5. The van der Waals surface area contributed by atoms with Crippen LogP contribution in [0, 0.1) is 0 Å². The lowest BCUT2D eigenvalue weighted by molar-refractivity contribution is 0.209.